The average Bonchev–Trinajstić information content (AvgIpc) is 3.32. The lowest BCUT2D eigenvalue weighted by Crippen LogP contribution is -2.37. The number of methoxy groups -OCH3 is 1. The fourth-order valence-electron chi connectivity index (χ4n) is 7.63. The van der Waals surface area contributed by atoms with Crippen molar-refractivity contribution in [2.75, 3.05) is 40.1 Å². The van der Waals surface area contributed by atoms with Crippen molar-refractivity contribution >= 4 is 23.1 Å². The molecule has 0 aromatic heterocycles. The lowest BCUT2D eigenvalue weighted by atomic mass is 9.91. The number of benzene rings is 4. The number of hydrogen-bond donors (Lipinski definition) is 6. The Labute approximate surface area is 425 Å². The van der Waals surface area contributed by atoms with Crippen molar-refractivity contribution in [1.29, 1.82) is 0 Å². The zero-order valence-electron chi connectivity index (χ0n) is 44.3. The van der Waals surface area contributed by atoms with E-state index in [0.29, 0.717) is 35.5 Å². The van der Waals surface area contributed by atoms with Gasteiger partial charge in [0, 0.05) is 41.4 Å². The van der Waals surface area contributed by atoms with Crippen molar-refractivity contribution in [3.8, 4) is 0 Å². The normalized spacial score (nSPS) is 14.8. The second kappa shape index (κ2) is 25.9. The summed E-state index contributed by atoms with van der Waals surface area (Å²) in [4.78, 5) is 51.0. The van der Waals surface area contributed by atoms with Gasteiger partial charge in [-0.3, -0.25) is 19.2 Å². The monoisotopic (exact) mass is 999 g/mol. The fourth-order valence-corrected chi connectivity index (χ4v) is 7.63. The van der Waals surface area contributed by atoms with Crippen LogP contribution in [-0.2, 0) is 23.7 Å². The highest BCUT2D eigenvalue weighted by molar-refractivity contribution is 6.03. The number of rotatable bonds is 30. The number of carbonyl (C=O) groups excluding carboxylic acids is 4. The van der Waals surface area contributed by atoms with Gasteiger partial charge in [0.25, 0.3) is 0 Å². The maximum absolute atomic E-state index is 12.7. The predicted molar refractivity (Wildman–Crippen MR) is 276 cm³/mol. The highest BCUT2D eigenvalue weighted by atomic mass is 16.7. The minimum absolute atomic E-state index is 0.138. The van der Waals surface area contributed by atoms with Gasteiger partial charge >= 0.3 is 0 Å². The Morgan fingerprint density at radius 3 is 0.958 bits per heavy atom. The van der Waals surface area contributed by atoms with E-state index in [1.165, 1.54) is 62.5 Å². The summed E-state index contributed by atoms with van der Waals surface area (Å²) in [5.74, 6) is -1.58. The van der Waals surface area contributed by atoms with Crippen LogP contribution in [0, 0.1) is 0 Å². The Hall–Kier alpha value is -4.88. The Kier molecular flexibility index (Phi) is 21.4. The van der Waals surface area contributed by atoms with E-state index in [0.717, 1.165) is 22.3 Å². The smallest absolute Gasteiger partial charge is 0.193 e. The van der Waals surface area contributed by atoms with Gasteiger partial charge in [-0.05, 0) is 105 Å². The summed E-state index contributed by atoms with van der Waals surface area (Å²) in [6.45, 7) is 20.7. The molecule has 6 N–H and O–H groups in total. The molecule has 394 valence electrons. The molecule has 5 unspecified atom stereocenters. The van der Waals surface area contributed by atoms with E-state index in [4.69, 9.17) is 23.7 Å². The Balaban J connectivity index is 1.29. The Morgan fingerprint density at radius 1 is 0.417 bits per heavy atom. The van der Waals surface area contributed by atoms with E-state index in [2.05, 4.69) is 10.6 Å². The molecule has 0 fully saturated rings. The van der Waals surface area contributed by atoms with Gasteiger partial charge in [0.05, 0.1) is 57.3 Å². The van der Waals surface area contributed by atoms with Gasteiger partial charge in [-0.25, -0.2) is 0 Å². The number of ketones is 4. The van der Waals surface area contributed by atoms with Crippen molar-refractivity contribution in [2.24, 2.45) is 0 Å². The third kappa shape index (κ3) is 18.0. The minimum Gasteiger partial charge on any atom is -0.382 e. The van der Waals surface area contributed by atoms with Crippen LogP contribution in [0.5, 0.6) is 0 Å². The first kappa shape index (κ1) is 59.7. The molecule has 0 heterocycles. The van der Waals surface area contributed by atoms with Gasteiger partial charge < -0.3 is 54.7 Å². The number of Topliss-reactive ketones (excluding diaryl/α,β-unsaturated/α-hetero) is 4. The molecule has 5 atom stereocenters. The van der Waals surface area contributed by atoms with Crippen molar-refractivity contribution in [3.63, 3.8) is 0 Å². The number of aliphatic hydroxyl groups is 4. The number of carbonyl (C=O) groups is 4. The Morgan fingerprint density at radius 2 is 0.681 bits per heavy atom. The van der Waals surface area contributed by atoms with E-state index in [1.54, 1.807) is 48.5 Å². The highest BCUT2D eigenvalue weighted by Gasteiger charge is 2.30. The predicted octanol–water partition coefficient (Wildman–Crippen LogP) is 7.15. The Bertz CT molecular complexity index is 2220. The number of ether oxygens (including phenoxy) is 5. The quantitative estimate of drug-likeness (QED) is 0.0226. The fraction of sp³-hybridized carbons (Fsp3) is 0.509. The number of nitrogens with one attached hydrogen (secondary N) is 2. The summed E-state index contributed by atoms with van der Waals surface area (Å²) < 4.78 is 29.9. The van der Waals surface area contributed by atoms with Crippen molar-refractivity contribution < 1.29 is 63.3 Å². The molecule has 0 saturated carbocycles. The summed E-state index contributed by atoms with van der Waals surface area (Å²) in [5, 5.41) is 48.3. The van der Waals surface area contributed by atoms with E-state index < -0.39 is 51.8 Å². The van der Waals surface area contributed by atoms with Crippen LogP contribution in [0.4, 0.5) is 0 Å². The molecule has 0 aliphatic carbocycles. The van der Waals surface area contributed by atoms with Crippen LogP contribution in [0.1, 0.15) is 159 Å². The van der Waals surface area contributed by atoms with Gasteiger partial charge in [-0.15, -0.1) is 0 Å². The lowest BCUT2D eigenvalue weighted by Gasteiger charge is -2.27. The van der Waals surface area contributed by atoms with E-state index in [1.807, 2.05) is 76.2 Å². The van der Waals surface area contributed by atoms with Crippen LogP contribution < -0.4 is 10.6 Å². The molecule has 72 heavy (non-hydrogen) atoms. The molecular weight excluding hydrogens is 921 g/mol. The van der Waals surface area contributed by atoms with Crippen LogP contribution in [0.3, 0.4) is 0 Å². The molecule has 4 aromatic rings. The maximum Gasteiger partial charge on any atom is 0.193 e. The highest BCUT2D eigenvalue weighted by Crippen LogP contribution is 2.28. The number of hydrogen-bond acceptors (Lipinski definition) is 15. The SMILES string of the molecule is COC(COCC(C)NC(c1ccc(C(=O)C(C)(C)O)cc1)c1ccc(C(=O)C(C)(C)O)cc1)OCC(C)OCC(C)OCC(C)NC(c1ccc(C(=O)C(C)(C)O)cc1)c1ccc(C(=O)C(C)(C)O)cc1. The van der Waals surface area contributed by atoms with Gasteiger partial charge in [-0.1, -0.05) is 97.1 Å². The zero-order valence-corrected chi connectivity index (χ0v) is 44.3. The van der Waals surface area contributed by atoms with E-state index >= 15 is 0 Å². The van der Waals surface area contributed by atoms with Gasteiger partial charge in [-0.2, -0.15) is 0 Å². The average molecular weight is 999 g/mol. The van der Waals surface area contributed by atoms with Crippen LogP contribution in [-0.4, -0.2) is 137 Å². The third-order valence-corrected chi connectivity index (χ3v) is 11.8. The first-order valence-electron chi connectivity index (χ1n) is 24.5. The summed E-state index contributed by atoms with van der Waals surface area (Å²) in [6.07, 6.45) is -1.25. The molecule has 0 saturated heterocycles. The second-order valence-corrected chi connectivity index (χ2v) is 20.9. The molecule has 15 heteroatoms. The zero-order chi connectivity index (χ0) is 53.8. The maximum atomic E-state index is 12.7. The van der Waals surface area contributed by atoms with Crippen molar-refractivity contribution in [2.45, 2.75) is 148 Å². The largest absolute Gasteiger partial charge is 0.382 e. The molecule has 0 aliphatic rings. The minimum atomic E-state index is -1.52. The standard InChI is InChI=1S/C57H78N2O13/c1-35(58-48(39-14-22-43(23-15-39)50(60)54(5,6)64)40-16-24-44(25-17-40)51(61)55(7,8)65)30-69-34-47(68-13)72-33-38(4)71-32-37(3)70-31-36(2)59-49(41-18-26-45(27-19-41)52(62)56(9,10)66)42-20-28-46(29-21-42)53(63)57(11,12)67/h14-29,35-38,47-49,58-59,64-67H,30-34H2,1-13H3. The van der Waals surface area contributed by atoms with Crippen LogP contribution in [0.2, 0.25) is 0 Å². The molecule has 0 amide bonds. The van der Waals surface area contributed by atoms with Crippen molar-refractivity contribution in [3.05, 3.63) is 142 Å². The molecule has 0 spiro atoms. The van der Waals surface area contributed by atoms with Gasteiger partial charge in [0.1, 0.15) is 22.4 Å². The summed E-state index contributed by atoms with van der Waals surface area (Å²) in [5.41, 5.74) is -1.18. The summed E-state index contributed by atoms with van der Waals surface area (Å²) in [6, 6.07) is 27.0. The molecule has 4 rings (SSSR count). The third-order valence-electron chi connectivity index (χ3n) is 11.8. The molecule has 15 nitrogen and oxygen atoms in total. The second-order valence-electron chi connectivity index (χ2n) is 20.9. The molecule has 4 aromatic carbocycles. The molecular formula is C57H78N2O13. The topological polar surface area (TPSA) is 219 Å². The van der Waals surface area contributed by atoms with Crippen LogP contribution >= 0.6 is 0 Å². The summed E-state index contributed by atoms with van der Waals surface area (Å²) in [7, 11) is 1.54. The van der Waals surface area contributed by atoms with Crippen LogP contribution in [0.25, 0.3) is 0 Å². The molecule has 0 aliphatic heterocycles. The lowest BCUT2D eigenvalue weighted by molar-refractivity contribution is -0.176. The summed E-state index contributed by atoms with van der Waals surface area (Å²) >= 11 is 0. The van der Waals surface area contributed by atoms with Gasteiger partial charge in [0.2, 0.25) is 0 Å². The first-order chi connectivity index (χ1) is 33.5. The molecule has 0 bridgehead atoms. The van der Waals surface area contributed by atoms with Crippen molar-refractivity contribution in [1.82, 2.24) is 10.6 Å². The molecule has 0 radical (unpaired) electrons. The van der Waals surface area contributed by atoms with E-state index in [9.17, 15) is 39.6 Å². The first-order valence-corrected chi connectivity index (χ1v) is 24.5. The van der Waals surface area contributed by atoms with Gasteiger partial charge in [0.15, 0.2) is 29.4 Å². The van der Waals surface area contributed by atoms with Crippen LogP contribution in [0.15, 0.2) is 97.1 Å². The van der Waals surface area contributed by atoms with E-state index in [-0.39, 0.29) is 56.2 Å².